The molecule has 0 aliphatic carbocycles. The summed E-state index contributed by atoms with van der Waals surface area (Å²) in [6.45, 7) is 9.57. The first kappa shape index (κ1) is 29.5. The van der Waals surface area contributed by atoms with Crippen molar-refractivity contribution in [3.05, 3.63) is 0 Å². The molecule has 29 heavy (non-hydrogen) atoms. The van der Waals surface area contributed by atoms with Gasteiger partial charge in [-0.3, -0.25) is 0 Å². The molecule has 1 N–H and O–H groups in total. The van der Waals surface area contributed by atoms with Gasteiger partial charge in [-0.1, -0.05) is 71.1 Å². The molecular weight excluding hydrogens is 402 g/mol. The molecule has 0 saturated carbocycles. The molecule has 0 radical (unpaired) electrons. The summed E-state index contributed by atoms with van der Waals surface area (Å²) in [6.07, 6.45) is 21.9. The summed E-state index contributed by atoms with van der Waals surface area (Å²) in [5.74, 6) is 0. The topological polar surface area (TPSA) is 55.8 Å². The van der Waals surface area contributed by atoms with Gasteiger partial charge in [-0.15, -0.1) is 0 Å². The second-order valence-corrected chi connectivity index (χ2v) is 16.8. The molecule has 1 atom stereocenters. The predicted octanol–water partition coefficient (Wildman–Crippen LogP) is 8.02. The van der Waals surface area contributed by atoms with Crippen molar-refractivity contribution >= 4 is 15.1 Å². The number of unbranched alkanes of at least 4 members (excludes halogenated alkanes) is 15. The molecule has 0 saturated heterocycles. The standard InChI is InChI=1S/C23H52O4P2/c1-5-6-7-8-9-10-11-12-13-14-15-16-17-18-19-20-21-26-29(24,25)27-22-23-28(2,3)4/h28H,5-23H2,1-4H3,(H,24,25). The van der Waals surface area contributed by atoms with Crippen LogP contribution in [0.2, 0.25) is 0 Å². The Bertz CT molecular complexity index is 397. The summed E-state index contributed by atoms with van der Waals surface area (Å²) >= 11 is 0. The van der Waals surface area contributed by atoms with E-state index in [1.807, 2.05) is 0 Å². The van der Waals surface area contributed by atoms with E-state index in [4.69, 9.17) is 9.05 Å². The van der Waals surface area contributed by atoms with Crippen LogP contribution in [0.4, 0.5) is 0 Å². The first-order chi connectivity index (χ1) is 13.8. The Labute approximate surface area is 182 Å². The van der Waals surface area contributed by atoms with Gasteiger partial charge in [-0.2, -0.15) is 0 Å². The zero-order chi connectivity index (χ0) is 21.8. The van der Waals surface area contributed by atoms with E-state index in [2.05, 4.69) is 26.9 Å². The first-order valence-electron chi connectivity index (χ1n) is 12.4. The van der Waals surface area contributed by atoms with Gasteiger partial charge in [0, 0.05) is 0 Å². The molecule has 1 unspecified atom stereocenters. The van der Waals surface area contributed by atoms with Crippen LogP contribution in [-0.4, -0.2) is 44.3 Å². The van der Waals surface area contributed by atoms with Gasteiger partial charge in [0.05, 0.1) is 0 Å². The molecule has 0 aromatic heterocycles. The van der Waals surface area contributed by atoms with Gasteiger partial charge >= 0.3 is 111 Å². The van der Waals surface area contributed by atoms with Gasteiger partial charge in [0.1, 0.15) is 0 Å². The third-order valence-corrected chi connectivity index (χ3v) is 8.08. The maximum atomic E-state index is 11.8. The van der Waals surface area contributed by atoms with Crippen molar-refractivity contribution in [3.8, 4) is 0 Å². The molecule has 0 aromatic rings. The molecule has 0 heterocycles. The van der Waals surface area contributed by atoms with Gasteiger partial charge in [-0.25, -0.2) is 0 Å². The Balaban J connectivity index is 3.28. The monoisotopic (exact) mass is 454 g/mol. The van der Waals surface area contributed by atoms with Crippen LogP contribution in [0, 0.1) is 0 Å². The van der Waals surface area contributed by atoms with Crippen LogP contribution in [0.1, 0.15) is 110 Å². The molecular formula is C23H52O4P2. The van der Waals surface area contributed by atoms with Crippen LogP contribution in [0.25, 0.3) is 0 Å². The number of phosphoric acid groups is 1. The van der Waals surface area contributed by atoms with E-state index in [1.54, 1.807) is 0 Å². The third-order valence-electron chi connectivity index (χ3n) is 5.36. The van der Waals surface area contributed by atoms with Crippen molar-refractivity contribution in [2.24, 2.45) is 0 Å². The van der Waals surface area contributed by atoms with E-state index < -0.39 is 15.1 Å². The van der Waals surface area contributed by atoms with Crippen LogP contribution in [0.15, 0.2) is 0 Å². The Hall–Kier alpha value is 0.540. The molecule has 0 fully saturated rings. The van der Waals surface area contributed by atoms with Crippen molar-refractivity contribution in [2.75, 3.05) is 39.4 Å². The predicted molar refractivity (Wildman–Crippen MR) is 132 cm³/mol. The molecule has 0 aliphatic heterocycles. The van der Waals surface area contributed by atoms with E-state index >= 15 is 0 Å². The van der Waals surface area contributed by atoms with Crippen molar-refractivity contribution in [1.82, 2.24) is 0 Å². The fraction of sp³-hybridized carbons (Fsp3) is 1.00. The average molecular weight is 455 g/mol. The SMILES string of the molecule is CCCCCCCCCCCCCCCCCCOP(=O)(O)OCC[PH](C)(C)C. The molecule has 0 bridgehead atoms. The van der Waals surface area contributed by atoms with Gasteiger partial charge in [0.25, 0.3) is 0 Å². The number of rotatable bonds is 22. The number of hydrogen-bond acceptors (Lipinski definition) is 3. The van der Waals surface area contributed by atoms with Gasteiger partial charge in [0.15, 0.2) is 0 Å². The van der Waals surface area contributed by atoms with E-state index in [0.717, 1.165) is 19.0 Å². The summed E-state index contributed by atoms with van der Waals surface area (Å²) in [5, 5.41) is 0. The fourth-order valence-corrected chi connectivity index (χ4v) is 4.98. The molecule has 6 heteroatoms. The zero-order valence-electron chi connectivity index (χ0n) is 20.1. The second kappa shape index (κ2) is 19.2. The molecule has 0 aliphatic rings. The quantitative estimate of drug-likeness (QED) is 0.133. The molecule has 0 rings (SSSR count). The van der Waals surface area contributed by atoms with Gasteiger partial charge in [-0.05, 0) is 0 Å². The van der Waals surface area contributed by atoms with Crippen LogP contribution in [0.5, 0.6) is 0 Å². The normalized spacial score (nSPS) is 14.8. The summed E-state index contributed by atoms with van der Waals surface area (Å²) in [6, 6.07) is 0. The molecule has 178 valence electrons. The molecule has 0 aromatic carbocycles. The number of hydrogen-bond donors (Lipinski definition) is 1. The Morgan fingerprint density at radius 1 is 0.621 bits per heavy atom. The summed E-state index contributed by atoms with van der Waals surface area (Å²) in [4.78, 5) is 9.66. The van der Waals surface area contributed by atoms with E-state index in [0.29, 0.717) is 13.2 Å². The molecule has 0 amide bonds. The molecule has 0 spiro atoms. The van der Waals surface area contributed by atoms with Gasteiger partial charge in [0.2, 0.25) is 0 Å². The van der Waals surface area contributed by atoms with Crippen LogP contribution < -0.4 is 0 Å². The Morgan fingerprint density at radius 2 is 0.966 bits per heavy atom. The van der Waals surface area contributed by atoms with E-state index in [1.165, 1.54) is 89.9 Å². The van der Waals surface area contributed by atoms with Crippen molar-refractivity contribution in [1.29, 1.82) is 0 Å². The summed E-state index contributed by atoms with van der Waals surface area (Å²) in [7, 11) is -5.09. The van der Waals surface area contributed by atoms with Gasteiger partial charge < -0.3 is 0 Å². The average Bonchev–Trinajstić information content (AvgIpc) is 2.63. The minimum atomic E-state index is -3.85. The van der Waals surface area contributed by atoms with E-state index in [9.17, 15) is 9.46 Å². The van der Waals surface area contributed by atoms with Crippen molar-refractivity contribution < 1.29 is 18.5 Å². The van der Waals surface area contributed by atoms with Crippen LogP contribution >= 0.6 is 15.1 Å². The minimum absolute atomic E-state index is 0.319. The second-order valence-electron chi connectivity index (χ2n) is 9.75. The zero-order valence-corrected chi connectivity index (χ0v) is 21.9. The fourth-order valence-electron chi connectivity index (χ4n) is 3.33. The van der Waals surface area contributed by atoms with Crippen molar-refractivity contribution in [3.63, 3.8) is 0 Å². The van der Waals surface area contributed by atoms with Crippen LogP contribution in [-0.2, 0) is 13.6 Å². The van der Waals surface area contributed by atoms with Crippen molar-refractivity contribution in [2.45, 2.75) is 110 Å². The Morgan fingerprint density at radius 3 is 1.34 bits per heavy atom. The van der Waals surface area contributed by atoms with Crippen LogP contribution in [0.3, 0.4) is 0 Å². The summed E-state index contributed by atoms with van der Waals surface area (Å²) < 4.78 is 21.9. The van der Waals surface area contributed by atoms with E-state index in [-0.39, 0.29) is 0 Å². The molecule has 4 nitrogen and oxygen atoms in total. The maximum absolute atomic E-state index is 11.8. The summed E-state index contributed by atoms with van der Waals surface area (Å²) in [5.41, 5.74) is 0. The Kier molecular flexibility index (Phi) is 19.6. The number of phosphoric ester groups is 1. The first-order valence-corrected chi connectivity index (χ1v) is 17.6. The third kappa shape index (κ3) is 24.7.